The Kier molecular flexibility index (Phi) is 5.55. The zero-order valence-corrected chi connectivity index (χ0v) is 15.7. The predicted octanol–water partition coefficient (Wildman–Crippen LogP) is 2.33. The number of aliphatic hydroxyl groups is 1. The second-order valence-corrected chi connectivity index (χ2v) is 7.96. The van der Waals surface area contributed by atoms with Crippen molar-refractivity contribution in [3.63, 3.8) is 0 Å². The number of amides is 1. The van der Waals surface area contributed by atoms with Crippen molar-refractivity contribution in [3.8, 4) is 0 Å². The summed E-state index contributed by atoms with van der Waals surface area (Å²) in [6, 6.07) is 17.0. The molecule has 2 aromatic carbocycles. The highest BCUT2D eigenvalue weighted by atomic mass is 16.3. The maximum atomic E-state index is 12.3. The van der Waals surface area contributed by atoms with Crippen molar-refractivity contribution in [1.29, 1.82) is 0 Å². The number of nitrogens with one attached hydrogen (secondary N) is 1. The summed E-state index contributed by atoms with van der Waals surface area (Å²) < 4.78 is 0. The lowest BCUT2D eigenvalue weighted by Gasteiger charge is -2.30. The van der Waals surface area contributed by atoms with Gasteiger partial charge in [-0.15, -0.1) is 0 Å². The fourth-order valence-electron chi connectivity index (χ4n) is 4.43. The summed E-state index contributed by atoms with van der Waals surface area (Å²) in [5, 5.41) is 13.3. The van der Waals surface area contributed by atoms with Crippen LogP contribution in [0.25, 0.3) is 0 Å². The van der Waals surface area contributed by atoms with Gasteiger partial charge in [0, 0.05) is 32.6 Å². The molecule has 0 radical (unpaired) electrons. The average Bonchev–Trinajstić information content (AvgIpc) is 3.08. The van der Waals surface area contributed by atoms with Crippen LogP contribution >= 0.6 is 0 Å². The molecule has 4 rings (SSSR count). The molecule has 4 nitrogen and oxygen atoms in total. The molecule has 1 aliphatic carbocycles. The van der Waals surface area contributed by atoms with E-state index in [1.54, 1.807) is 0 Å². The lowest BCUT2D eigenvalue weighted by atomic mass is 10.00. The van der Waals surface area contributed by atoms with Crippen molar-refractivity contribution in [2.24, 2.45) is 5.92 Å². The number of carbonyl (C=O) groups is 1. The molecule has 0 saturated carbocycles. The molecule has 1 amide bonds. The summed E-state index contributed by atoms with van der Waals surface area (Å²) in [5.41, 5.74) is 5.51. The third-order valence-corrected chi connectivity index (χ3v) is 5.82. The van der Waals surface area contributed by atoms with E-state index < -0.39 is 6.10 Å². The van der Waals surface area contributed by atoms with E-state index in [-0.39, 0.29) is 5.91 Å². The number of hydrogen-bond acceptors (Lipinski definition) is 3. The van der Waals surface area contributed by atoms with Crippen LogP contribution in [0.4, 0.5) is 0 Å². The first-order valence-electron chi connectivity index (χ1n) is 9.98. The van der Waals surface area contributed by atoms with E-state index in [2.05, 4.69) is 58.7 Å². The second-order valence-electron chi connectivity index (χ2n) is 7.96. The van der Waals surface area contributed by atoms with E-state index in [4.69, 9.17) is 0 Å². The van der Waals surface area contributed by atoms with Gasteiger partial charge in [-0.1, -0.05) is 48.5 Å². The van der Waals surface area contributed by atoms with Crippen LogP contribution in [-0.2, 0) is 30.6 Å². The fraction of sp³-hybridized carbons (Fsp3) is 0.435. The SMILES string of the molecule is O=C(CC1Cc2ccccc2C1)NC[C@H](O)CN1CCc2ccccc2C1. The normalized spacial score (nSPS) is 18.0. The zero-order valence-electron chi connectivity index (χ0n) is 15.7. The van der Waals surface area contributed by atoms with Crippen LogP contribution in [0.3, 0.4) is 0 Å². The summed E-state index contributed by atoms with van der Waals surface area (Å²) in [7, 11) is 0. The topological polar surface area (TPSA) is 52.6 Å². The van der Waals surface area contributed by atoms with Gasteiger partial charge in [0.15, 0.2) is 0 Å². The van der Waals surface area contributed by atoms with Crippen LogP contribution in [0, 0.1) is 5.92 Å². The Hall–Kier alpha value is -2.17. The first-order chi connectivity index (χ1) is 13.2. The molecule has 0 bridgehead atoms. The van der Waals surface area contributed by atoms with Crippen molar-refractivity contribution in [1.82, 2.24) is 10.2 Å². The molecular weight excluding hydrogens is 336 g/mol. The van der Waals surface area contributed by atoms with Crippen LogP contribution < -0.4 is 5.32 Å². The molecule has 0 spiro atoms. The molecule has 2 N–H and O–H groups in total. The minimum absolute atomic E-state index is 0.0517. The van der Waals surface area contributed by atoms with E-state index in [9.17, 15) is 9.90 Å². The molecular formula is C23H28N2O2. The van der Waals surface area contributed by atoms with Gasteiger partial charge < -0.3 is 10.4 Å². The maximum Gasteiger partial charge on any atom is 0.220 e. The molecule has 27 heavy (non-hydrogen) atoms. The van der Waals surface area contributed by atoms with Gasteiger partial charge in [-0.25, -0.2) is 0 Å². The smallest absolute Gasteiger partial charge is 0.220 e. The Morgan fingerprint density at radius 3 is 2.37 bits per heavy atom. The van der Waals surface area contributed by atoms with E-state index in [1.807, 2.05) is 0 Å². The third-order valence-electron chi connectivity index (χ3n) is 5.82. The van der Waals surface area contributed by atoms with Crippen LogP contribution in [0.2, 0.25) is 0 Å². The van der Waals surface area contributed by atoms with Crippen LogP contribution in [0.5, 0.6) is 0 Å². The number of carbonyl (C=O) groups excluding carboxylic acids is 1. The highest BCUT2D eigenvalue weighted by Crippen LogP contribution is 2.28. The van der Waals surface area contributed by atoms with Crippen LogP contribution in [0.1, 0.15) is 28.7 Å². The average molecular weight is 364 g/mol. The Morgan fingerprint density at radius 1 is 1.04 bits per heavy atom. The standard InChI is InChI=1S/C23H28N2O2/c26-22(16-25-10-9-18-5-1-4-8-21(18)15-25)14-24-23(27)13-17-11-19-6-2-3-7-20(19)12-17/h1-8,17,22,26H,9-16H2,(H,24,27)/t22-/m0/s1. The van der Waals surface area contributed by atoms with Crippen molar-refractivity contribution in [2.75, 3.05) is 19.6 Å². The third kappa shape index (κ3) is 4.57. The first-order valence-corrected chi connectivity index (χ1v) is 9.98. The van der Waals surface area contributed by atoms with E-state index in [0.717, 1.165) is 32.4 Å². The zero-order chi connectivity index (χ0) is 18.6. The molecule has 2 aromatic rings. The Labute approximate surface area is 161 Å². The molecule has 1 aliphatic heterocycles. The second kappa shape index (κ2) is 8.24. The van der Waals surface area contributed by atoms with Gasteiger partial charge in [0.1, 0.15) is 0 Å². The minimum Gasteiger partial charge on any atom is -0.390 e. The summed E-state index contributed by atoms with van der Waals surface area (Å²) in [5.74, 6) is 0.439. The number of fused-ring (bicyclic) bond motifs is 2. The summed E-state index contributed by atoms with van der Waals surface area (Å²) in [6.45, 7) is 2.77. The van der Waals surface area contributed by atoms with Gasteiger partial charge in [-0.05, 0) is 47.4 Å². The molecule has 0 unspecified atom stereocenters. The van der Waals surface area contributed by atoms with E-state index >= 15 is 0 Å². The largest absolute Gasteiger partial charge is 0.390 e. The van der Waals surface area contributed by atoms with Crippen molar-refractivity contribution in [2.45, 2.75) is 38.3 Å². The monoisotopic (exact) mass is 364 g/mol. The maximum absolute atomic E-state index is 12.3. The molecule has 142 valence electrons. The number of β-amino-alcohol motifs (C(OH)–C–C–N with tert-alkyl or cyclic N) is 1. The summed E-state index contributed by atoms with van der Waals surface area (Å²) in [6.07, 6.45) is 3.01. The quantitative estimate of drug-likeness (QED) is 0.827. The Balaban J connectivity index is 1.19. The van der Waals surface area contributed by atoms with E-state index in [0.29, 0.717) is 25.4 Å². The van der Waals surface area contributed by atoms with Crippen LogP contribution in [-0.4, -0.2) is 41.7 Å². The van der Waals surface area contributed by atoms with Gasteiger partial charge >= 0.3 is 0 Å². The molecule has 1 atom stereocenters. The molecule has 1 heterocycles. The number of hydrogen-bond donors (Lipinski definition) is 2. The number of benzene rings is 2. The molecule has 4 heteroatoms. The van der Waals surface area contributed by atoms with Crippen LogP contribution in [0.15, 0.2) is 48.5 Å². The van der Waals surface area contributed by atoms with Crippen molar-refractivity contribution >= 4 is 5.91 Å². The van der Waals surface area contributed by atoms with Gasteiger partial charge in [-0.2, -0.15) is 0 Å². The Morgan fingerprint density at radius 2 is 1.67 bits per heavy atom. The minimum atomic E-state index is -0.528. The Bertz CT molecular complexity index is 779. The molecule has 2 aliphatic rings. The van der Waals surface area contributed by atoms with Crippen molar-refractivity contribution < 1.29 is 9.90 Å². The number of rotatable bonds is 6. The van der Waals surface area contributed by atoms with Gasteiger partial charge in [0.25, 0.3) is 0 Å². The van der Waals surface area contributed by atoms with Gasteiger partial charge in [0.05, 0.1) is 6.10 Å². The lowest BCUT2D eigenvalue weighted by Crippen LogP contribution is -2.42. The highest BCUT2D eigenvalue weighted by Gasteiger charge is 2.24. The fourth-order valence-corrected chi connectivity index (χ4v) is 4.43. The molecule has 0 fully saturated rings. The lowest BCUT2D eigenvalue weighted by molar-refractivity contribution is -0.122. The summed E-state index contributed by atoms with van der Waals surface area (Å²) >= 11 is 0. The number of aliphatic hydroxyl groups excluding tert-OH is 1. The first kappa shape index (κ1) is 18.2. The number of nitrogens with zero attached hydrogens (tertiary/aromatic N) is 1. The summed E-state index contributed by atoms with van der Waals surface area (Å²) in [4.78, 5) is 14.5. The molecule has 0 saturated heterocycles. The van der Waals surface area contributed by atoms with Gasteiger partial charge in [-0.3, -0.25) is 9.69 Å². The molecule has 0 aromatic heterocycles. The van der Waals surface area contributed by atoms with Crippen molar-refractivity contribution in [3.05, 3.63) is 70.8 Å². The highest BCUT2D eigenvalue weighted by molar-refractivity contribution is 5.76. The van der Waals surface area contributed by atoms with E-state index in [1.165, 1.54) is 22.3 Å². The van der Waals surface area contributed by atoms with Gasteiger partial charge in [0.2, 0.25) is 5.91 Å². The predicted molar refractivity (Wildman–Crippen MR) is 106 cm³/mol.